The fourth-order valence-electron chi connectivity index (χ4n) is 1.71. The first-order valence-electron chi connectivity index (χ1n) is 5.65. The predicted molar refractivity (Wildman–Crippen MR) is 62.0 cm³/mol. The molecule has 1 aromatic carbocycles. The Morgan fingerprint density at radius 2 is 1.93 bits per heavy atom. The molecule has 0 unspecified atom stereocenters. The minimum absolute atomic E-state index is 0.652. The summed E-state index contributed by atoms with van der Waals surface area (Å²) >= 11 is 0. The second kappa shape index (κ2) is 5.54. The van der Waals surface area contributed by atoms with Crippen LogP contribution in [0.5, 0.6) is 0 Å². The highest BCUT2D eigenvalue weighted by atomic mass is 16.5. The minimum Gasteiger partial charge on any atom is -0.476 e. The summed E-state index contributed by atoms with van der Waals surface area (Å²) in [5.41, 5.74) is 1.21. The highest BCUT2D eigenvalue weighted by Crippen LogP contribution is 2.10. The van der Waals surface area contributed by atoms with Gasteiger partial charge in [0.05, 0.1) is 0 Å². The summed E-state index contributed by atoms with van der Waals surface area (Å²) in [7, 11) is 0. The number of nitrogens with zero attached hydrogens (tertiary/aromatic N) is 1. The summed E-state index contributed by atoms with van der Waals surface area (Å²) in [6.45, 7) is 1.59. The fourth-order valence-corrected chi connectivity index (χ4v) is 1.71. The van der Waals surface area contributed by atoms with Crippen molar-refractivity contribution >= 4 is 5.90 Å². The average molecular weight is 203 g/mol. The van der Waals surface area contributed by atoms with Crippen LogP contribution in [0.1, 0.15) is 31.2 Å². The van der Waals surface area contributed by atoms with Crippen LogP contribution in [-0.2, 0) is 11.3 Å². The number of hydrogen-bond donors (Lipinski definition) is 0. The van der Waals surface area contributed by atoms with E-state index in [1.807, 2.05) is 18.2 Å². The maximum Gasteiger partial charge on any atom is 0.183 e. The Balaban J connectivity index is 1.84. The smallest absolute Gasteiger partial charge is 0.183 e. The third-order valence-corrected chi connectivity index (χ3v) is 2.59. The lowest BCUT2D eigenvalue weighted by atomic mass is 10.2. The second-order valence-electron chi connectivity index (χ2n) is 3.86. The van der Waals surface area contributed by atoms with Crippen molar-refractivity contribution in [1.29, 1.82) is 0 Å². The molecule has 0 radical (unpaired) electrons. The predicted octanol–water partition coefficient (Wildman–Crippen LogP) is 3.18. The topological polar surface area (TPSA) is 21.6 Å². The molecule has 0 N–H and O–H groups in total. The molecule has 0 bridgehead atoms. The van der Waals surface area contributed by atoms with Gasteiger partial charge >= 0.3 is 0 Å². The van der Waals surface area contributed by atoms with Crippen LogP contribution in [0.15, 0.2) is 35.3 Å². The third kappa shape index (κ3) is 3.39. The quantitative estimate of drug-likeness (QED) is 0.723. The maximum absolute atomic E-state index is 5.70. The lowest BCUT2D eigenvalue weighted by molar-refractivity contribution is 0.282. The zero-order valence-electron chi connectivity index (χ0n) is 8.98. The van der Waals surface area contributed by atoms with Crippen LogP contribution in [0, 0.1) is 0 Å². The van der Waals surface area contributed by atoms with Crippen molar-refractivity contribution in [2.24, 2.45) is 4.99 Å². The molecule has 2 rings (SSSR count). The Bertz CT molecular complexity index is 319. The first-order valence-corrected chi connectivity index (χ1v) is 5.65. The number of aliphatic imine (C=N–C) groups is 1. The molecule has 1 aliphatic rings. The zero-order valence-corrected chi connectivity index (χ0v) is 8.98. The van der Waals surface area contributed by atoms with E-state index in [9.17, 15) is 0 Å². The molecule has 0 spiro atoms. The van der Waals surface area contributed by atoms with Crippen molar-refractivity contribution in [3.8, 4) is 0 Å². The molecule has 1 aliphatic heterocycles. The molecule has 0 aromatic heterocycles. The number of ether oxygens (including phenoxy) is 1. The van der Waals surface area contributed by atoms with Crippen LogP contribution in [0.25, 0.3) is 0 Å². The number of hydrogen-bond acceptors (Lipinski definition) is 2. The highest BCUT2D eigenvalue weighted by molar-refractivity contribution is 5.76. The summed E-state index contributed by atoms with van der Waals surface area (Å²) in [5, 5.41) is 0. The van der Waals surface area contributed by atoms with Gasteiger partial charge in [-0.2, -0.15) is 0 Å². The molecule has 0 saturated heterocycles. The van der Waals surface area contributed by atoms with Gasteiger partial charge in [0.15, 0.2) is 5.90 Å². The summed E-state index contributed by atoms with van der Waals surface area (Å²) < 4.78 is 5.70. The van der Waals surface area contributed by atoms with E-state index in [0.717, 1.165) is 18.9 Å². The molecular formula is C13H17NO. The van der Waals surface area contributed by atoms with Gasteiger partial charge in [-0.05, 0) is 18.4 Å². The Hall–Kier alpha value is -1.31. The van der Waals surface area contributed by atoms with Crippen LogP contribution in [-0.4, -0.2) is 12.4 Å². The largest absolute Gasteiger partial charge is 0.476 e. The Kier molecular flexibility index (Phi) is 3.77. The average Bonchev–Trinajstić information content (AvgIpc) is 2.56. The summed E-state index contributed by atoms with van der Waals surface area (Å²) in [6.07, 6.45) is 4.71. The van der Waals surface area contributed by atoms with E-state index in [2.05, 4.69) is 17.1 Å². The van der Waals surface area contributed by atoms with Crippen LogP contribution >= 0.6 is 0 Å². The molecule has 15 heavy (non-hydrogen) atoms. The molecule has 2 nitrogen and oxygen atoms in total. The van der Waals surface area contributed by atoms with E-state index in [1.165, 1.54) is 24.8 Å². The van der Waals surface area contributed by atoms with Crippen molar-refractivity contribution < 1.29 is 4.74 Å². The molecule has 0 fully saturated rings. The molecular weight excluding hydrogens is 186 g/mol. The summed E-state index contributed by atoms with van der Waals surface area (Å²) in [6, 6.07) is 10.3. The van der Waals surface area contributed by atoms with Gasteiger partial charge in [-0.3, -0.25) is 4.99 Å². The van der Waals surface area contributed by atoms with Gasteiger partial charge in [-0.15, -0.1) is 0 Å². The second-order valence-corrected chi connectivity index (χ2v) is 3.86. The van der Waals surface area contributed by atoms with E-state index < -0.39 is 0 Å². The minimum atomic E-state index is 0.652. The van der Waals surface area contributed by atoms with E-state index >= 15 is 0 Å². The van der Waals surface area contributed by atoms with Gasteiger partial charge in [0.2, 0.25) is 0 Å². The van der Waals surface area contributed by atoms with Gasteiger partial charge in [-0.1, -0.05) is 36.8 Å². The molecule has 1 aromatic rings. The van der Waals surface area contributed by atoms with E-state index in [-0.39, 0.29) is 0 Å². The van der Waals surface area contributed by atoms with Crippen LogP contribution in [0.3, 0.4) is 0 Å². The molecule has 0 amide bonds. The Labute approximate surface area is 91.0 Å². The van der Waals surface area contributed by atoms with Gasteiger partial charge in [0.25, 0.3) is 0 Å². The lowest BCUT2D eigenvalue weighted by Gasteiger charge is -2.07. The van der Waals surface area contributed by atoms with E-state index in [4.69, 9.17) is 4.74 Å². The van der Waals surface area contributed by atoms with Crippen LogP contribution in [0.2, 0.25) is 0 Å². The van der Waals surface area contributed by atoms with Crippen molar-refractivity contribution in [2.75, 3.05) is 6.54 Å². The van der Waals surface area contributed by atoms with Crippen LogP contribution in [0.4, 0.5) is 0 Å². The SMILES string of the molecule is c1ccc(COC2=NCCCCC2)cc1. The lowest BCUT2D eigenvalue weighted by Crippen LogP contribution is -2.04. The Morgan fingerprint density at radius 3 is 2.80 bits per heavy atom. The van der Waals surface area contributed by atoms with Crippen molar-refractivity contribution in [3.05, 3.63) is 35.9 Å². The highest BCUT2D eigenvalue weighted by Gasteiger charge is 2.04. The van der Waals surface area contributed by atoms with Gasteiger partial charge in [0.1, 0.15) is 6.61 Å². The van der Waals surface area contributed by atoms with Crippen molar-refractivity contribution in [2.45, 2.75) is 32.3 Å². The normalized spacial score (nSPS) is 16.7. The zero-order chi connectivity index (χ0) is 10.3. The van der Waals surface area contributed by atoms with E-state index in [1.54, 1.807) is 0 Å². The Morgan fingerprint density at radius 1 is 1.07 bits per heavy atom. The first-order chi connectivity index (χ1) is 7.45. The number of benzene rings is 1. The van der Waals surface area contributed by atoms with Gasteiger partial charge in [0, 0.05) is 13.0 Å². The fraction of sp³-hybridized carbons (Fsp3) is 0.462. The maximum atomic E-state index is 5.70. The van der Waals surface area contributed by atoms with Crippen LogP contribution < -0.4 is 0 Å². The van der Waals surface area contributed by atoms with Gasteiger partial charge in [-0.25, -0.2) is 0 Å². The number of rotatable bonds is 2. The molecule has 80 valence electrons. The standard InChI is InChI=1S/C13H17NO/c1-3-7-12(8-4-1)11-15-13-9-5-2-6-10-14-13/h1,3-4,7-8H,2,5-6,9-11H2. The molecule has 1 heterocycles. The van der Waals surface area contributed by atoms with Crippen molar-refractivity contribution in [1.82, 2.24) is 0 Å². The third-order valence-electron chi connectivity index (χ3n) is 2.59. The van der Waals surface area contributed by atoms with E-state index in [0.29, 0.717) is 6.61 Å². The van der Waals surface area contributed by atoms with Gasteiger partial charge < -0.3 is 4.74 Å². The first kappa shape index (κ1) is 10.2. The molecule has 2 heteroatoms. The molecule has 0 saturated carbocycles. The monoisotopic (exact) mass is 203 g/mol. The summed E-state index contributed by atoms with van der Waals surface area (Å²) in [5.74, 6) is 0.941. The molecule has 0 aliphatic carbocycles. The molecule has 0 atom stereocenters. The summed E-state index contributed by atoms with van der Waals surface area (Å²) in [4.78, 5) is 4.43. The van der Waals surface area contributed by atoms with Crippen molar-refractivity contribution in [3.63, 3.8) is 0 Å².